The summed E-state index contributed by atoms with van der Waals surface area (Å²) in [7, 11) is 0. The van der Waals surface area contributed by atoms with Crippen LogP contribution in [0.5, 0.6) is 0 Å². The topological polar surface area (TPSA) is 41.6 Å². The summed E-state index contributed by atoms with van der Waals surface area (Å²) in [6.07, 6.45) is -2.81. The lowest BCUT2D eigenvalue weighted by atomic mass is 10.2. The molecule has 0 N–H and O–H groups in total. The average Bonchev–Trinajstić information content (AvgIpc) is 2.77. The van der Waals surface area contributed by atoms with Crippen LogP contribution in [0.2, 0.25) is 0 Å². The second kappa shape index (κ2) is 4.46. The maximum atomic E-state index is 12.4. The zero-order chi connectivity index (χ0) is 13.3. The van der Waals surface area contributed by atoms with E-state index >= 15 is 0 Å². The molecule has 0 aliphatic heterocycles. The van der Waals surface area contributed by atoms with Gasteiger partial charge in [0.15, 0.2) is 0 Å². The van der Waals surface area contributed by atoms with Crippen LogP contribution in [-0.2, 0) is 6.18 Å². The fourth-order valence-electron chi connectivity index (χ4n) is 1.38. The van der Waals surface area contributed by atoms with Gasteiger partial charge >= 0.3 is 6.18 Å². The van der Waals surface area contributed by atoms with E-state index in [2.05, 4.69) is 21.0 Å². The molecule has 3 nitrogen and oxygen atoms in total. The first-order valence-corrected chi connectivity index (χ1v) is 5.52. The minimum Gasteiger partial charge on any atom is -0.240 e. The summed E-state index contributed by atoms with van der Waals surface area (Å²) in [4.78, 5) is 0. The lowest BCUT2D eigenvalue weighted by Gasteiger charge is -2.03. The Hall–Kier alpha value is -1.81. The van der Waals surface area contributed by atoms with Crippen molar-refractivity contribution in [1.29, 1.82) is 5.26 Å². The fourth-order valence-corrected chi connectivity index (χ4v) is 1.86. The van der Waals surface area contributed by atoms with Crippen LogP contribution in [0.4, 0.5) is 13.2 Å². The second-order valence-corrected chi connectivity index (χ2v) is 4.40. The molecule has 92 valence electrons. The minimum absolute atomic E-state index is 0.337. The Kier molecular flexibility index (Phi) is 3.13. The molecular weight excluding hydrogens is 311 g/mol. The third-order valence-electron chi connectivity index (χ3n) is 2.19. The molecular formula is C11H5BrF3N3. The van der Waals surface area contributed by atoms with Gasteiger partial charge in [0, 0.05) is 10.7 Å². The number of halogens is 4. The summed E-state index contributed by atoms with van der Waals surface area (Å²) in [5, 5.41) is 12.4. The first kappa shape index (κ1) is 12.6. The van der Waals surface area contributed by atoms with Gasteiger partial charge in [-0.2, -0.15) is 23.5 Å². The van der Waals surface area contributed by atoms with Crippen molar-refractivity contribution in [2.24, 2.45) is 0 Å². The molecule has 0 saturated carbocycles. The van der Waals surface area contributed by atoms with Gasteiger partial charge in [0.1, 0.15) is 0 Å². The van der Waals surface area contributed by atoms with Crippen molar-refractivity contribution in [3.63, 3.8) is 0 Å². The monoisotopic (exact) mass is 315 g/mol. The first-order chi connectivity index (χ1) is 8.40. The summed E-state index contributed by atoms with van der Waals surface area (Å²) in [6, 6.07) is 6.52. The van der Waals surface area contributed by atoms with Crippen molar-refractivity contribution in [3.8, 4) is 11.8 Å². The Morgan fingerprint density at radius 3 is 2.56 bits per heavy atom. The smallest absolute Gasteiger partial charge is 0.240 e. The van der Waals surface area contributed by atoms with E-state index in [4.69, 9.17) is 5.26 Å². The highest BCUT2D eigenvalue weighted by Crippen LogP contribution is 2.29. The SMILES string of the molecule is N#Cc1cc(Br)cc(-n2cc(C(F)(F)F)cn2)c1. The Bertz CT molecular complexity index is 625. The van der Waals surface area contributed by atoms with Crippen LogP contribution in [0.15, 0.2) is 35.1 Å². The van der Waals surface area contributed by atoms with Crippen LogP contribution >= 0.6 is 15.9 Å². The summed E-state index contributed by atoms with van der Waals surface area (Å²) in [5.41, 5.74) is -0.110. The average molecular weight is 316 g/mol. The number of nitriles is 1. The van der Waals surface area contributed by atoms with E-state index in [1.54, 1.807) is 12.1 Å². The Balaban J connectivity index is 2.47. The molecule has 1 heterocycles. The van der Waals surface area contributed by atoms with Gasteiger partial charge in [-0.25, -0.2) is 4.68 Å². The van der Waals surface area contributed by atoms with Crippen molar-refractivity contribution < 1.29 is 13.2 Å². The Morgan fingerprint density at radius 1 is 1.28 bits per heavy atom. The molecule has 1 aromatic carbocycles. The molecule has 2 rings (SSSR count). The summed E-state index contributed by atoms with van der Waals surface area (Å²) >= 11 is 3.18. The Labute approximate surface area is 109 Å². The molecule has 0 atom stereocenters. The molecule has 0 radical (unpaired) electrons. The minimum atomic E-state index is -4.43. The highest BCUT2D eigenvalue weighted by molar-refractivity contribution is 9.10. The maximum Gasteiger partial charge on any atom is 0.419 e. The van der Waals surface area contributed by atoms with Crippen LogP contribution in [0.1, 0.15) is 11.1 Å². The van der Waals surface area contributed by atoms with E-state index in [9.17, 15) is 13.2 Å². The van der Waals surface area contributed by atoms with Crippen LogP contribution in [0, 0.1) is 11.3 Å². The molecule has 0 aliphatic rings. The van der Waals surface area contributed by atoms with Crippen molar-refractivity contribution in [2.45, 2.75) is 6.18 Å². The molecule has 0 unspecified atom stereocenters. The van der Waals surface area contributed by atoms with Crippen molar-refractivity contribution in [1.82, 2.24) is 9.78 Å². The van der Waals surface area contributed by atoms with Crippen LogP contribution < -0.4 is 0 Å². The zero-order valence-electron chi connectivity index (χ0n) is 8.74. The maximum absolute atomic E-state index is 12.4. The number of nitrogens with zero attached hydrogens (tertiary/aromatic N) is 3. The number of aromatic nitrogens is 2. The summed E-state index contributed by atoms with van der Waals surface area (Å²) in [5.74, 6) is 0. The van der Waals surface area contributed by atoms with Gasteiger partial charge in [0.25, 0.3) is 0 Å². The van der Waals surface area contributed by atoms with E-state index in [0.717, 1.165) is 17.1 Å². The molecule has 18 heavy (non-hydrogen) atoms. The molecule has 0 spiro atoms. The van der Waals surface area contributed by atoms with E-state index in [1.165, 1.54) is 6.07 Å². The molecule has 1 aromatic heterocycles. The largest absolute Gasteiger partial charge is 0.419 e. The lowest BCUT2D eigenvalue weighted by molar-refractivity contribution is -0.137. The van der Waals surface area contributed by atoms with Gasteiger partial charge in [-0.1, -0.05) is 15.9 Å². The number of alkyl halides is 3. The summed E-state index contributed by atoms with van der Waals surface area (Å²) in [6.45, 7) is 0. The third-order valence-corrected chi connectivity index (χ3v) is 2.64. The van der Waals surface area contributed by atoms with Crippen molar-refractivity contribution in [3.05, 3.63) is 46.2 Å². The molecule has 2 aromatic rings. The van der Waals surface area contributed by atoms with Crippen molar-refractivity contribution >= 4 is 15.9 Å². The van der Waals surface area contributed by atoms with Gasteiger partial charge in [-0.15, -0.1) is 0 Å². The predicted octanol–water partition coefficient (Wildman–Crippen LogP) is 3.53. The predicted molar refractivity (Wildman–Crippen MR) is 61.0 cm³/mol. The lowest BCUT2D eigenvalue weighted by Crippen LogP contribution is -2.03. The molecule has 0 amide bonds. The van der Waals surface area contributed by atoms with Crippen LogP contribution in [0.3, 0.4) is 0 Å². The normalized spacial score (nSPS) is 11.3. The quantitative estimate of drug-likeness (QED) is 0.808. The van der Waals surface area contributed by atoms with Gasteiger partial charge in [0.05, 0.1) is 29.1 Å². The summed E-state index contributed by atoms with van der Waals surface area (Å²) < 4.78 is 39.0. The van der Waals surface area contributed by atoms with E-state index in [0.29, 0.717) is 15.7 Å². The molecule has 0 bridgehead atoms. The third kappa shape index (κ3) is 2.54. The molecule has 0 aliphatic carbocycles. The van der Waals surface area contributed by atoms with Gasteiger partial charge in [-0.05, 0) is 18.2 Å². The van der Waals surface area contributed by atoms with Gasteiger partial charge < -0.3 is 0 Å². The van der Waals surface area contributed by atoms with E-state index in [1.807, 2.05) is 6.07 Å². The number of hydrogen-bond donors (Lipinski definition) is 0. The highest BCUT2D eigenvalue weighted by atomic mass is 79.9. The van der Waals surface area contributed by atoms with Crippen LogP contribution in [0.25, 0.3) is 5.69 Å². The first-order valence-electron chi connectivity index (χ1n) is 4.73. The molecule has 0 saturated heterocycles. The van der Waals surface area contributed by atoms with E-state index < -0.39 is 11.7 Å². The number of rotatable bonds is 1. The molecule has 0 fully saturated rings. The highest BCUT2D eigenvalue weighted by Gasteiger charge is 2.32. The zero-order valence-corrected chi connectivity index (χ0v) is 10.3. The Morgan fingerprint density at radius 2 is 2.00 bits per heavy atom. The number of hydrogen-bond acceptors (Lipinski definition) is 2. The van der Waals surface area contributed by atoms with Gasteiger partial charge in [-0.3, -0.25) is 0 Å². The molecule has 7 heteroatoms. The van der Waals surface area contributed by atoms with Crippen molar-refractivity contribution in [2.75, 3.05) is 0 Å². The van der Waals surface area contributed by atoms with Gasteiger partial charge in [0.2, 0.25) is 0 Å². The number of benzene rings is 1. The van der Waals surface area contributed by atoms with E-state index in [-0.39, 0.29) is 0 Å². The standard InChI is InChI=1S/C11H5BrF3N3/c12-9-1-7(4-16)2-10(3-9)18-6-8(5-17-18)11(13,14)15/h1-3,5-6H. The fraction of sp³-hybridized carbons (Fsp3) is 0.0909. The van der Waals surface area contributed by atoms with Crippen LogP contribution in [-0.4, -0.2) is 9.78 Å². The second-order valence-electron chi connectivity index (χ2n) is 3.48.